The largest absolute Gasteiger partial charge is 0.481 e. The molecule has 0 bridgehead atoms. The molecule has 1 aliphatic rings. The van der Waals surface area contributed by atoms with Crippen molar-refractivity contribution in [3.8, 4) is 0 Å². The monoisotopic (exact) mass is 316 g/mol. The zero-order chi connectivity index (χ0) is 16.9. The van der Waals surface area contributed by atoms with Crippen LogP contribution in [0.4, 0.5) is 0 Å². The number of rotatable bonds is 9. The predicted molar refractivity (Wildman–Crippen MR) is 91.4 cm³/mol. The van der Waals surface area contributed by atoms with Crippen molar-refractivity contribution in [1.82, 2.24) is 0 Å². The van der Waals surface area contributed by atoms with E-state index in [1.54, 1.807) is 0 Å². The van der Waals surface area contributed by atoms with Crippen molar-refractivity contribution in [2.75, 3.05) is 0 Å². The fourth-order valence-electron chi connectivity index (χ4n) is 3.73. The molecule has 1 atom stereocenters. The van der Waals surface area contributed by atoms with Gasteiger partial charge in [0.15, 0.2) is 0 Å². The van der Waals surface area contributed by atoms with E-state index in [0.717, 1.165) is 25.7 Å². The predicted octanol–water partition coefficient (Wildman–Crippen LogP) is 4.56. The Morgan fingerprint density at radius 1 is 1.26 bits per heavy atom. The highest BCUT2D eigenvalue weighted by molar-refractivity contribution is 5.84. The molecule has 0 heterocycles. The van der Waals surface area contributed by atoms with Crippen molar-refractivity contribution in [3.05, 3.63) is 35.4 Å². The lowest BCUT2D eigenvalue weighted by Gasteiger charge is -2.42. The topological polar surface area (TPSA) is 54.4 Å². The Bertz CT molecular complexity index is 558. The number of aliphatic carboxylic acids is 1. The molecule has 3 heteroatoms. The number of aryl methyl sites for hydroxylation is 1. The summed E-state index contributed by atoms with van der Waals surface area (Å²) < 4.78 is 0. The lowest BCUT2D eigenvalue weighted by Crippen LogP contribution is -2.35. The first kappa shape index (κ1) is 17.7. The third-order valence-electron chi connectivity index (χ3n) is 5.27. The molecule has 0 aliphatic heterocycles. The summed E-state index contributed by atoms with van der Waals surface area (Å²) >= 11 is 0. The number of carbonyl (C=O) groups excluding carboxylic acids is 1. The average Bonchev–Trinajstić information content (AvgIpc) is 2.46. The Morgan fingerprint density at radius 3 is 2.48 bits per heavy atom. The molecule has 23 heavy (non-hydrogen) atoms. The Hall–Kier alpha value is -1.64. The summed E-state index contributed by atoms with van der Waals surface area (Å²) in [4.78, 5) is 23.7. The van der Waals surface area contributed by atoms with Crippen LogP contribution in [0.5, 0.6) is 0 Å². The maximum Gasteiger partial charge on any atom is 0.306 e. The molecule has 1 N–H and O–H groups in total. The molecule has 0 saturated heterocycles. The second-order valence-electron chi connectivity index (χ2n) is 7.20. The summed E-state index contributed by atoms with van der Waals surface area (Å²) in [6, 6.07) is 8.36. The summed E-state index contributed by atoms with van der Waals surface area (Å²) in [5.41, 5.74) is 2.67. The van der Waals surface area contributed by atoms with Crippen LogP contribution in [0.3, 0.4) is 0 Å². The van der Waals surface area contributed by atoms with Crippen molar-refractivity contribution in [1.29, 1.82) is 0 Å². The van der Waals surface area contributed by atoms with Crippen LogP contribution < -0.4 is 0 Å². The van der Waals surface area contributed by atoms with Gasteiger partial charge in [-0.2, -0.15) is 0 Å². The van der Waals surface area contributed by atoms with Gasteiger partial charge in [0.2, 0.25) is 0 Å². The number of hydrogen-bond acceptors (Lipinski definition) is 2. The van der Waals surface area contributed by atoms with Crippen LogP contribution in [0.2, 0.25) is 0 Å². The van der Waals surface area contributed by atoms with Gasteiger partial charge in [0.25, 0.3) is 0 Å². The highest BCUT2D eigenvalue weighted by Crippen LogP contribution is 2.47. The van der Waals surface area contributed by atoms with E-state index in [0.29, 0.717) is 12.8 Å². The van der Waals surface area contributed by atoms with Gasteiger partial charge in [0, 0.05) is 12.8 Å². The fourth-order valence-corrected chi connectivity index (χ4v) is 3.73. The molecule has 0 spiro atoms. The number of ketones is 1. The number of carbonyl (C=O) groups is 2. The van der Waals surface area contributed by atoms with Crippen LogP contribution in [-0.4, -0.2) is 16.9 Å². The molecule has 1 aromatic rings. The summed E-state index contributed by atoms with van der Waals surface area (Å²) in [6.07, 6.45) is 6.41. The lowest BCUT2D eigenvalue weighted by atomic mass is 9.62. The second kappa shape index (κ2) is 7.76. The Balaban J connectivity index is 1.99. The molecule has 1 fully saturated rings. The van der Waals surface area contributed by atoms with Gasteiger partial charge in [-0.25, -0.2) is 0 Å². The maximum atomic E-state index is 12.5. The van der Waals surface area contributed by atoms with E-state index in [2.05, 4.69) is 25.1 Å². The molecular weight excluding hydrogens is 288 g/mol. The van der Waals surface area contributed by atoms with E-state index in [1.165, 1.54) is 17.5 Å². The third-order valence-corrected chi connectivity index (χ3v) is 5.27. The zero-order valence-corrected chi connectivity index (χ0v) is 14.3. The standard InChI is InChI=1S/C20H28O3/c1-3-7-16(19(22)23)12-18(21)14-20(10-6-11-20)13-17-9-5-4-8-15(17)2/h4-5,8-9,16H,3,6-7,10-14H2,1-2H3,(H,22,23). The summed E-state index contributed by atoms with van der Waals surface area (Å²) in [5.74, 6) is -1.22. The van der Waals surface area contributed by atoms with Crippen LogP contribution in [0, 0.1) is 18.3 Å². The number of benzene rings is 1. The molecule has 3 nitrogen and oxygen atoms in total. The average molecular weight is 316 g/mol. The smallest absolute Gasteiger partial charge is 0.306 e. The third kappa shape index (κ3) is 4.66. The van der Waals surface area contributed by atoms with Crippen LogP contribution in [-0.2, 0) is 16.0 Å². The number of carboxylic acids is 1. The van der Waals surface area contributed by atoms with Gasteiger partial charge in [0.05, 0.1) is 5.92 Å². The minimum Gasteiger partial charge on any atom is -0.481 e. The molecule has 1 aliphatic carbocycles. The molecule has 2 rings (SSSR count). The van der Waals surface area contributed by atoms with E-state index in [-0.39, 0.29) is 17.6 Å². The maximum absolute atomic E-state index is 12.5. The van der Waals surface area contributed by atoms with Gasteiger partial charge < -0.3 is 5.11 Å². The lowest BCUT2D eigenvalue weighted by molar-refractivity contribution is -0.144. The van der Waals surface area contributed by atoms with Crippen LogP contribution in [0.25, 0.3) is 0 Å². The van der Waals surface area contributed by atoms with E-state index in [4.69, 9.17) is 0 Å². The first-order valence-electron chi connectivity index (χ1n) is 8.75. The van der Waals surface area contributed by atoms with Crippen molar-refractivity contribution in [2.24, 2.45) is 11.3 Å². The highest BCUT2D eigenvalue weighted by Gasteiger charge is 2.39. The van der Waals surface area contributed by atoms with E-state index < -0.39 is 11.9 Å². The van der Waals surface area contributed by atoms with Crippen molar-refractivity contribution < 1.29 is 14.7 Å². The van der Waals surface area contributed by atoms with Gasteiger partial charge >= 0.3 is 5.97 Å². The molecule has 0 aromatic heterocycles. The zero-order valence-electron chi connectivity index (χ0n) is 14.3. The van der Waals surface area contributed by atoms with Gasteiger partial charge in [-0.05, 0) is 49.1 Å². The van der Waals surface area contributed by atoms with E-state index in [1.807, 2.05) is 13.0 Å². The SMILES string of the molecule is CCCC(CC(=O)CC1(Cc2ccccc2C)CCC1)C(=O)O. The van der Waals surface area contributed by atoms with Crippen molar-refractivity contribution in [2.45, 2.75) is 65.2 Å². The Kier molecular flexibility index (Phi) is 5.97. The minimum atomic E-state index is -0.832. The molecule has 0 amide bonds. The van der Waals surface area contributed by atoms with E-state index >= 15 is 0 Å². The minimum absolute atomic E-state index is 0.0679. The number of carboxylic acid groups (broad SMARTS) is 1. The second-order valence-corrected chi connectivity index (χ2v) is 7.20. The van der Waals surface area contributed by atoms with Gasteiger partial charge in [-0.1, -0.05) is 44.0 Å². The quantitative estimate of drug-likeness (QED) is 0.726. The molecular formula is C20H28O3. The van der Waals surface area contributed by atoms with Gasteiger partial charge in [-0.3, -0.25) is 9.59 Å². The van der Waals surface area contributed by atoms with Crippen LogP contribution in [0.15, 0.2) is 24.3 Å². The summed E-state index contributed by atoms with van der Waals surface area (Å²) in [6.45, 7) is 4.08. The summed E-state index contributed by atoms with van der Waals surface area (Å²) in [5, 5.41) is 9.24. The van der Waals surface area contributed by atoms with Gasteiger partial charge in [0.1, 0.15) is 5.78 Å². The molecule has 1 aromatic carbocycles. The highest BCUT2D eigenvalue weighted by atomic mass is 16.4. The van der Waals surface area contributed by atoms with E-state index in [9.17, 15) is 14.7 Å². The van der Waals surface area contributed by atoms with Crippen LogP contribution in [0.1, 0.15) is 63.0 Å². The van der Waals surface area contributed by atoms with Crippen LogP contribution >= 0.6 is 0 Å². The first-order chi connectivity index (χ1) is 11.0. The fraction of sp³-hybridized carbons (Fsp3) is 0.600. The molecule has 0 radical (unpaired) electrons. The molecule has 1 saturated carbocycles. The van der Waals surface area contributed by atoms with Gasteiger partial charge in [-0.15, -0.1) is 0 Å². The van der Waals surface area contributed by atoms with Crippen molar-refractivity contribution in [3.63, 3.8) is 0 Å². The number of Topliss-reactive ketones (excluding diaryl/α,β-unsaturated/α-hetero) is 1. The van der Waals surface area contributed by atoms with Crippen molar-refractivity contribution >= 4 is 11.8 Å². The molecule has 1 unspecified atom stereocenters. The number of hydrogen-bond donors (Lipinski definition) is 1. The summed E-state index contributed by atoms with van der Waals surface area (Å²) in [7, 11) is 0. The first-order valence-corrected chi connectivity index (χ1v) is 8.75. The Morgan fingerprint density at radius 2 is 1.96 bits per heavy atom. The Labute approximate surface area is 139 Å². The molecule has 126 valence electrons. The normalized spacial score (nSPS) is 17.3.